The molecule has 1 aliphatic heterocycles. The van der Waals surface area contributed by atoms with Gasteiger partial charge in [-0.3, -0.25) is 4.68 Å². The van der Waals surface area contributed by atoms with E-state index < -0.39 is 0 Å². The van der Waals surface area contributed by atoms with Crippen LogP contribution >= 0.6 is 0 Å². The summed E-state index contributed by atoms with van der Waals surface area (Å²) in [7, 11) is 0. The van der Waals surface area contributed by atoms with Crippen LogP contribution in [0, 0.1) is 5.41 Å². The lowest BCUT2D eigenvalue weighted by Crippen LogP contribution is -2.47. The average molecular weight is 223 g/mol. The Morgan fingerprint density at radius 1 is 1.62 bits per heavy atom. The molecule has 4 nitrogen and oxygen atoms in total. The molecule has 1 fully saturated rings. The van der Waals surface area contributed by atoms with Gasteiger partial charge in [0.15, 0.2) is 0 Å². The van der Waals surface area contributed by atoms with Crippen LogP contribution in [0.4, 0.5) is 0 Å². The van der Waals surface area contributed by atoms with Gasteiger partial charge in [0.2, 0.25) is 0 Å². The molecule has 0 amide bonds. The Labute approximate surface area is 97.0 Å². The number of hydrogen-bond acceptors (Lipinski definition) is 3. The molecule has 1 saturated heterocycles. The van der Waals surface area contributed by atoms with E-state index in [9.17, 15) is 0 Å². The maximum atomic E-state index is 5.24. The monoisotopic (exact) mass is 223 g/mol. The number of nitrogens with one attached hydrogen (secondary N) is 1. The van der Waals surface area contributed by atoms with Crippen molar-refractivity contribution in [1.82, 2.24) is 15.1 Å². The third-order valence-electron chi connectivity index (χ3n) is 3.21. The third kappa shape index (κ3) is 2.44. The van der Waals surface area contributed by atoms with E-state index >= 15 is 0 Å². The van der Waals surface area contributed by atoms with Gasteiger partial charge in [-0.2, -0.15) is 5.10 Å². The van der Waals surface area contributed by atoms with Crippen LogP contribution in [-0.4, -0.2) is 29.5 Å². The Kier molecular flexibility index (Phi) is 3.30. The van der Waals surface area contributed by atoms with Gasteiger partial charge in [0.05, 0.1) is 19.4 Å². The number of nitrogens with zero attached hydrogens (tertiary/aromatic N) is 2. The summed E-state index contributed by atoms with van der Waals surface area (Å²) in [6, 6.07) is 0.359. The molecule has 2 heterocycles. The zero-order chi connectivity index (χ0) is 11.6. The molecular weight excluding hydrogens is 202 g/mol. The smallest absolute Gasteiger partial charge is 0.0554 e. The van der Waals surface area contributed by atoms with Crippen LogP contribution in [0.5, 0.6) is 0 Å². The summed E-state index contributed by atoms with van der Waals surface area (Å²) < 4.78 is 7.20. The molecule has 1 aliphatic rings. The molecule has 2 rings (SSSR count). The Bertz CT molecular complexity index is 344. The second kappa shape index (κ2) is 4.55. The quantitative estimate of drug-likeness (QED) is 0.824. The Morgan fingerprint density at radius 3 is 2.88 bits per heavy atom. The topological polar surface area (TPSA) is 39.1 Å². The summed E-state index contributed by atoms with van der Waals surface area (Å²) in [5, 5.41) is 7.83. The first-order chi connectivity index (χ1) is 7.63. The maximum Gasteiger partial charge on any atom is 0.0554 e. The van der Waals surface area contributed by atoms with Crippen molar-refractivity contribution in [3.63, 3.8) is 0 Å². The standard InChI is InChI=1S/C12H21N3O/c1-4-15-6-11(5-14-15)10(2)13-7-12(3)8-16-9-12/h5-6,10,13H,4,7-9H2,1-3H3. The molecule has 1 unspecified atom stereocenters. The minimum atomic E-state index is 0.328. The van der Waals surface area contributed by atoms with Crippen molar-refractivity contribution in [3.8, 4) is 0 Å². The molecule has 16 heavy (non-hydrogen) atoms. The van der Waals surface area contributed by atoms with E-state index in [4.69, 9.17) is 4.74 Å². The van der Waals surface area contributed by atoms with E-state index in [-0.39, 0.29) is 0 Å². The van der Waals surface area contributed by atoms with Gasteiger partial charge in [0.25, 0.3) is 0 Å². The van der Waals surface area contributed by atoms with Crippen LogP contribution in [0.2, 0.25) is 0 Å². The third-order valence-corrected chi connectivity index (χ3v) is 3.21. The minimum Gasteiger partial charge on any atom is -0.380 e. The number of aryl methyl sites for hydroxylation is 1. The predicted molar refractivity (Wildman–Crippen MR) is 63.2 cm³/mol. The second-order valence-corrected chi connectivity index (χ2v) is 5.04. The largest absolute Gasteiger partial charge is 0.380 e. The molecule has 0 aromatic carbocycles. The zero-order valence-electron chi connectivity index (χ0n) is 10.4. The Hall–Kier alpha value is -0.870. The molecule has 0 spiro atoms. The highest BCUT2D eigenvalue weighted by molar-refractivity contribution is 5.09. The van der Waals surface area contributed by atoms with E-state index in [1.165, 1.54) is 5.56 Å². The normalized spacial score (nSPS) is 20.4. The highest BCUT2D eigenvalue weighted by Gasteiger charge is 2.33. The van der Waals surface area contributed by atoms with Gasteiger partial charge in [-0.1, -0.05) is 6.92 Å². The lowest BCUT2D eigenvalue weighted by Gasteiger charge is -2.38. The molecule has 1 atom stereocenters. The van der Waals surface area contributed by atoms with Crippen molar-refractivity contribution in [2.75, 3.05) is 19.8 Å². The molecule has 0 aliphatic carbocycles. The SMILES string of the molecule is CCn1cc(C(C)NCC2(C)COC2)cn1. The van der Waals surface area contributed by atoms with Gasteiger partial charge in [-0.15, -0.1) is 0 Å². The highest BCUT2D eigenvalue weighted by Crippen LogP contribution is 2.26. The fourth-order valence-electron chi connectivity index (χ4n) is 1.85. The second-order valence-electron chi connectivity index (χ2n) is 5.04. The van der Waals surface area contributed by atoms with Crippen LogP contribution in [0.3, 0.4) is 0 Å². The first-order valence-corrected chi connectivity index (χ1v) is 5.96. The summed E-state index contributed by atoms with van der Waals surface area (Å²) in [5.74, 6) is 0. The average Bonchev–Trinajstić information content (AvgIpc) is 2.71. The van der Waals surface area contributed by atoms with E-state index in [1.54, 1.807) is 0 Å². The maximum absolute atomic E-state index is 5.24. The van der Waals surface area contributed by atoms with Crippen LogP contribution in [0.25, 0.3) is 0 Å². The fraction of sp³-hybridized carbons (Fsp3) is 0.750. The Morgan fingerprint density at radius 2 is 2.38 bits per heavy atom. The van der Waals surface area contributed by atoms with Crippen LogP contribution in [-0.2, 0) is 11.3 Å². The summed E-state index contributed by atoms with van der Waals surface area (Å²) in [4.78, 5) is 0. The van der Waals surface area contributed by atoms with Gasteiger partial charge in [-0.25, -0.2) is 0 Å². The summed E-state index contributed by atoms with van der Waals surface area (Å²) in [6.07, 6.45) is 4.05. The zero-order valence-corrected chi connectivity index (χ0v) is 10.4. The van der Waals surface area contributed by atoms with Gasteiger partial charge in [-0.05, 0) is 13.8 Å². The minimum absolute atomic E-state index is 0.328. The van der Waals surface area contributed by atoms with Gasteiger partial charge in [0, 0.05) is 36.3 Å². The van der Waals surface area contributed by atoms with Crippen molar-refractivity contribution in [3.05, 3.63) is 18.0 Å². The molecule has 90 valence electrons. The fourth-order valence-corrected chi connectivity index (χ4v) is 1.85. The molecule has 4 heteroatoms. The van der Waals surface area contributed by atoms with Crippen molar-refractivity contribution in [2.24, 2.45) is 5.41 Å². The molecule has 0 saturated carbocycles. The van der Waals surface area contributed by atoms with Gasteiger partial charge in [0.1, 0.15) is 0 Å². The van der Waals surface area contributed by atoms with Crippen LogP contribution in [0.1, 0.15) is 32.4 Å². The van der Waals surface area contributed by atoms with Gasteiger partial charge >= 0.3 is 0 Å². The van der Waals surface area contributed by atoms with Crippen molar-refractivity contribution in [2.45, 2.75) is 33.4 Å². The first-order valence-electron chi connectivity index (χ1n) is 5.96. The summed E-state index contributed by atoms with van der Waals surface area (Å²) >= 11 is 0. The number of ether oxygens (including phenoxy) is 1. The molecule has 0 bridgehead atoms. The highest BCUT2D eigenvalue weighted by atomic mass is 16.5. The lowest BCUT2D eigenvalue weighted by atomic mass is 9.88. The molecule has 0 radical (unpaired) electrons. The van der Waals surface area contributed by atoms with Crippen LogP contribution in [0.15, 0.2) is 12.4 Å². The number of aromatic nitrogens is 2. The molecule has 1 aromatic rings. The van der Waals surface area contributed by atoms with E-state index in [2.05, 4.69) is 37.4 Å². The van der Waals surface area contributed by atoms with Crippen molar-refractivity contribution in [1.29, 1.82) is 0 Å². The molecule has 1 N–H and O–H groups in total. The van der Waals surface area contributed by atoms with E-state index in [0.717, 1.165) is 26.3 Å². The lowest BCUT2D eigenvalue weighted by molar-refractivity contribution is -0.0999. The predicted octanol–water partition coefficient (Wildman–Crippen LogP) is 1.59. The molecule has 1 aromatic heterocycles. The van der Waals surface area contributed by atoms with Crippen molar-refractivity contribution < 1.29 is 4.74 Å². The molecular formula is C12H21N3O. The summed E-state index contributed by atoms with van der Waals surface area (Å²) in [5.41, 5.74) is 1.58. The first kappa shape index (κ1) is 11.6. The number of hydrogen-bond donors (Lipinski definition) is 1. The van der Waals surface area contributed by atoms with E-state index in [1.807, 2.05) is 10.9 Å². The van der Waals surface area contributed by atoms with Crippen molar-refractivity contribution >= 4 is 0 Å². The Balaban J connectivity index is 1.85. The number of rotatable bonds is 5. The van der Waals surface area contributed by atoms with Gasteiger partial charge < -0.3 is 10.1 Å². The van der Waals surface area contributed by atoms with Crippen LogP contribution < -0.4 is 5.32 Å². The summed E-state index contributed by atoms with van der Waals surface area (Å²) in [6.45, 7) is 10.2. The van der Waals surface area contributed by atoms with E-state index in [0.29, 0.717) is 11.5 Å².